The molecule has 1 aliphatic rings. The Balaban J connectivity index is 2.31. The monoisotopic (exact) mass is 302 g/mol. The van der Waals surface area contributed by atoms with Gasteiger partial charge in [0.2, 0.25) is 0 Å². The fraction of sp³-hybridized carbons (Fsp3) is 0.526. The van der Waals surface area contributed by atoms with Crippen LogP contribution in [0.25, 0.3) is 0 Å². The number of benzene rings is 1. The van der Waals surface area contributed by atoms with E-state index < -0.39 is 0 Å². The summed E-state index contributed by atoms with van der Waals surface area (Å²) in [6, 6.07) is 9.97. The van der Waals surface area contributed by atoms with E-state index in [-0.39, 0.29) is 30.0 Å². The van der Waals surface area contributed by atoms with E-state index in [1.807, 2.05) is 44.2 Å². The van der Waals surface area contributed by atoms with Crippen molar-refractivity contribution in [2.75, 3.05) is 6.61 Å². The SMILES string of the molecule is C=C(C)[C@@H]1C[C@H](C(=O)OCC)[C@@H](c2ccccc2)O[C@H]1CC. The molecule has 0 saturated carbocycles. The van der Waals surface area contributed by atoms with Gasteiger partial charge in [0, 0.05) is 5.92 Å². The van der Waals surface area contributed by atoms with Gasteiger partial charge in [0.15, 0.2) is 0 Å². The lowest BCUT2D eigenvalue weighted by Crippen LogP contribution is -2.40. The van der Waals surface area contributed by atoms with E-state index in [2.05, 4.69) is 13.5 Å². The zero-order valence-corrected chi connectivity index (χ0v) is 13.7. The molecule has 2 rings (SSSR count). The molecule has 1 aromatic rings. The third-order valence-corrected chi connectivity index (χ3v) is 4.40. The Kier molecular flexibility index (Phi) is 5.78. The van der Waals surface area contributed by atoms with E-state index in [0.29, 0.717) is 6.61 Å². The second kappa shape index (κ2) is 7.59. The first-order valence-corrected chi connectivity index (χ1v) is 8.10. The third kappa shape index (κ3) is 3.58. The second-order valence-corrected chi connectivity index (χ2v) is 5.96. The van der Waals surface area contributed by atoms with Crippen molar-refractivity contribution >= 4 is 5.97 Å². The molecule has 1 aromatic carbocycles. The first kappa shape index (κ1) is 16.8. The van der Waals surface area contributed by atoms with Crippen molar-refractivity contribution in [3.8, 4) is 0 Å². The molecule has 0 spiro atoms. The molecule has 1 aliphatic heterocycles. The normalized spacial score (nSPS) is 28.1. The van der Waals surface area contributed by atoms with E-state index in [0.717, 1.165) is 24.0 Å². The predicted octanol–water partition coefficient (Wildman–Crippen LogP) is 4.30. The molecule has 3 heteroatoms. The molecule has 0 aromatic heterocycles. The van der Waals surface area contributed by atoms with Crippen molar-refractivity contribution in [3.63, 3.8) is 0 Å². The summed E-state index contributed by atoms with van der Waals surface area (Å²) in [4.78, 5) is 12.4. The van der Waals surface area contributed by atoms with Crippen molar-refractivity contribution in [2.45, 2.75) is 45.8 Å². The highest BCUT2D eigenvalue weighted by atomic mass is 16.5. The molecule has 0 amide bonds. The quantitative estimate of drug-likeness (QED) is 0.601. The molecule has 22 heavy (non-hydrogen) atoms. The van der Waals surface area contributed by atoms with Crippen LogP contribution >= 0.6 is 0 Å². The zero-order chi connectivity index (χ0) is 16.1. The topological polar surface area (TPSA) is 35.5 Å². The molecule has 4 atom stereocenters. The Hall–Kier alpha value is -1.61. The van der Waals surface area contributed by atoms with E-state index >= 15 is 0 Å². The van der Waals surface area contributed by atoms with Crippen LogP contribution in [0.5, 0.6) is 0 Å². The standard InChI is InChI=1S/C19H26O3/c1-5-17-15(13(3)4)12-16(19(20)21-6-2)18(22-17)14-10-8-7-9-11-14/h7-11,15-18H,3,5-6,12H2,1-2,4H3/t15-,16-,17-,18+/m0/s1. The Morgan fingerprint density at radius 3 is 2.50 bits per heavy atom. The number of hydrogen-bond donors (Lipinski definition) is 0. The van der Waals surface area contributed by atoms with Crippen LogP contribution in [0, 0.1) is 11.8 Å². The minimum Gasteiger partial charge on any atom is -0.466 e. The molecule has 0 radical (unpaired) electrons. The van der Waals surface area contributed by atoms with Crippen LogP contribution < -0.4 is 0 Å². The predicted molar refractivity (Wildman–Crippen MR) is 87.4 cm³/mol. The maximum atomic E-state index is 12.4. The van der Waals surface area contributed by atoms with Crippen LogP contribution in [0.15, 0.2) is 42.5 Å². The number of carbonyl (C=O) groups is 1. The number of esters is 1. The lowest BCUT2D eigenvalue weighted by Gasteiger charge is -2.41. The van der Waals surface area contributed by atoms with E-state index in [9.17, 15) is 4.79 Å². The number of carbonyl (C=O) groups excluding carboxylic acids is 1. The third-order valence-electron chi connectivity index (χ3n) is 4.40. The summed E-state index contributed by atoms with van der Waals surface area (Å²) in [6.45, 7) is 10.4. The Morgan fingerprint density at radius 1 is 1.27 bits per heavy atom. The van der Waals surface area contributed by atoms with E-state index in [4.69, 9.17) is 9.47 Å². The maximum Gasteiger partial charge on any atom is 0.311 e. The number of ether oxygens (including phenoxy) is 2. The number of rotatable bonds is 5. The van der Waals surface area contributed by atoms with Crippen molar-refractivity contribution in [2.24, 2.45) is 11.8 Å². The van der Waals surface area contributed by atoms with Gasteiger partial charge in [-0.15, -0.1) is 0 Å². The Bertz CT molecular complexity index is 509. The lowest BCUT2D eigenvalue weighted by molar-refractivity contribution is -0.168. The fourth-order valence-corrected chi connectivity index (χ4v) is 3.25. The van der Waals surface area contributed by atoms with Crippen molar-refractivity contribution in [1.82, 2.24) is 0 Å². The van der Waals surface area contributed by atoms with Gasteiger partial charge in [-0.2, -0.15) is 0 Å². The van der Waals surface area contributed by atoms with Crippen molar-refractivity contribution in [1.29, 1.82) is 0 Å². The van der Waals surface area contributed by atoms with E-state index in [1.165, 1.54) is 0 Å². The van der Waals surface area contributed by atoms with Gasteiger partial charge in [-0.1, -0.05) is 49.4 Å². The molecule has 1 fully saturated rings. The first-order valence-electron chi connectivity index (χ1n) is 8.10. The van der Waals surface area contributed by atoms with Gasteiger partial charge in [0.25, 0.3) is 0 Å². The Morgan fingerprint density at radius 2 is 1.95 bits per heavy atom. The first-order chi connectivity index (χ1) is 10.6. The molecule has 0 bridgehead atoms. The highest BCUT2D eigenvalue weighted by molar-refractivity contribution is 5.73. The summed E-state index contributed by atoms with van der Waals surface area (Å²) < 4.78 is 11.6. The number of hydrogen-bond acceptors (Lipinski definition) is 3. The largest absolute Gasteiger partial charge is 0.466 e. The minimum atomic E-state index is -0.271. The van der Waals surface area contributed by atoms with Crippen molar-refractivity contribution < 1.29 is 14.3 Å². The van der Waals surface area contributed by atoms with Gasteiger partial charge in [0.05, 0.1) is 24.7 Å². The molecule has 1 heterocycles. The second-order valence-electron chi connectivity index (χ2n) is 5.96. The highest BCUT2D eigenvalue weighted by Crippen LogP contribution is 2.42. The molecular weight excluding hydrogens is 276 g/mol. The molecule has 1 saturated heterocycles. The van der Waals surface area contributed by atoms with Crippen LogP contribution in [-0.4, -0.2) is 18.7 Å². The van der Waals surface area contributed by atoms with Crippen LogP contribution in [0.2, 0.25) is 0 Å². The van der Waals surface area contributed by atoms with Crippen LogP contribution in [0.3, 0.4) is 0 Å². The summed E-state index contributed by atoms with van der Waals surface area (Å²) in [5, 5.41) is 0. The molecule has 0 N–H and O–H groups in total. The summed E-state index contributed by atoms with van der Waals surface area (Å²) >= 11 is 0. The summed E-state index contributed by atoms with van der Waals surface area (Å²) in [5.41, 5.74) is 2.12. The molecular formula is C19H26O3. The average molecular weight is 302 g/mol. The van der Waals surface area contributed by atoms with Crippen LogP contribution in [-0.2, 0) is 14.3 Å². The molecule has 120 valence electrons. The molecule has 0 unspecified atom stereocenters. The van der Waals surface area contributed by atoms with Gasteiger partial charge >= 0.3 is 5.97 Å². The van der Waals surface area contributed by atoms with Gasteiger partial charge < -0.3 is 9.47 Å². The van der Waals surface area contributed by atoms with Gasteiger partial charge in [-0.25, -0.2) is 0 Å². The van der Waals surface area contributed by atoms with Crippen LogP contribution in [0.4, 0.5) is 0 Å². The van der Waals surface area contributed by atoms with Gasteiger partial charge in [-0.05, 0) is 32.3 Å². The zero-order valence-electron chi connectivity index (χ0n) is 13.7. The molecule has 0 aliphatic carbocycles. The smallest absolute Gasteiger partial charge is 0.311 e. The molecule has 3 nitrogen and oxygen atoms in total. The summed E-state index contributed by atoms with van der Waals surface area (Å²) in [5.74, 6) is -0.233. The van der Waals surface area contributed by atoms with Crippen LogP contribution in [0.1, 0.15) is 45.3 Å². The Labute approximate surface area is 133 Å². The average Bonchev–Trinajstić information content (AvgIpc) is 2.54. The fourth-order valence-electron chi connectivity index (χ4n) is 3.25. The van der Waals surface area contributed by atoms with Gasteiger partial charge in [0.1, 0.15) is 0 Å². The summed E-state index contributed by atoms with van der Waals surface area (Å²) in [6.07, 6.45) is 1.53. The van der Waals surface area contributed by atoms with Gasteiger partial charge in [-0.3, -0.25) is 4.79 Å². The van der Waals surface area contributed by atoms with E-state index in [1.54, 1.807) is 0 Å². The summed E-state index contributed by atoms with van der Waals surface area (Å²) in [7, 11) is 0. The maximum absolute atomic E-state index is 12.4. The highest BCUT2D eigenvalue weighted by Gasteiger charge is 2.42. The van der Waals surface area contributed by atoms with Crippen molar-refractivity contribution in [3.05, 3.63) is 48.0 Å². The lowest BCUT2D eigenvalue weighted by atomic mass is 9.78. The minimum absolute atomic E-state index is 0.105.